The van der Waals surface area contributed by atoms with E-state index in [1.54, 1.807) is 6.92 Å². The Labute approximate surface area is 204 Å². The minimum absolute atomic E-state index is 0.0325. The molecule has 2 aromatic carbocycles. The second kappa shape index (κ2) is 9.54. The molecule has 188 valence electrons. The smallest absolute Gasteiger partial charge is 0.306 e. The van der Waals surface area contributed by atoms with E-state index in [9.17, 15) is 33.7 Å². The number of phenols is 2. The molecule has 0 saturated heterocycles. The van der Waals surface area contributed by atoms with E-state index in [2.05, 4.69) is 4.98 Å². The maximum atomic E-state index is 14.1. The number of fused-ring (bicyclic) bond motifs is 1. The van der Waals surface area contributed by atoms with E-state index in [4.69, 9.17) is 9.47 Å². The molecule has 1 aromatic heterocycles. The second-order valence-corrected chi connectivity index (χ2v) is 8.51. The van der Waals surface area contributed by atoms with Gasteiger partial charge in [0, 0.05) is 34.4 Å². The largest absolute Gasteiger partial charge is 0.507 e. The molecule has 1 aliphatic rings. The summed E-state index contributed by atoms with van der Waals surface area (Å²) in [5.74, 6) is -6.20. The summed E-state index contributed by atoms with van der Waals surface area (Å²) in [5, 5.41) is 33.1. The van der Waals surface area contributed by atoms with Crippen LogP contribution in [0.1, 0.15) is 69.2 Å². The van der Waals surface area contributed by atoms with E-state index in [0.717, 1.165) is 19.2 Å². The van der Waals surface area contributed by atoms with Crippen molar-refractivity contribution in [1.29, 1.82) is 0 Å². The van der Waals surface area contributed by atoms with Crippen LogP contribution in [-0.4, -0.2) is 39.2 Å². The molecule has 3 N–H and O–H groups in total. The van der Waals surface area contributed by atoms with E-state index in [0.29, 0.717) is 16.8 Å². The Balaban J connectivity index is 1.99. The summed E-state index contributed by atoms with van der Waals surface area (Å²) in [6, 6.07) is 4.13. The zero-order valence-corrected chi connectivity index (χ0v) is 19.6. The third-order valence-electron chi connectivity index (χ3n) is 6.32. The van der Waals surface area contributed by atoms with Gasteiger partial charge in [0.2, 0.25) is 0 Å². The number of hydrogen-bond donors (Lipinski definition) is 3. The molecule has 3 aromatic rings. The zero-order valence-electron chi connectivity index (χ0n) is 19.6. The normalized spacial score (nSPS) is 15.4. The van der Waals surface area contributed by atoms with Gasteiger partial charge in [-0.15, -0.1) is 0 Å². The van der Waals surface area contributed by atoms with Gasteiger partial charge in [-0.3, -0.25) is 14.6 Å². The van der Waals surface area contributed by atoms with Gasteiger partial charge in [-0.25, -0.2) is 8.78 Å². The van der Waals surface area contributed by atoms with Crippen molar-refractivity contribution >= 4 is 11.8 Å². The van der Waals surface area contributed by atoms with Gasteiger partial charge in [0.05, 0.1) is 31.4 Å². The number of Topliss-reactive ketones (excluding diaryl/α,β-unsaturated/α-hetero) is 1. The predicted molar refractivity (Wildman–Crippen MR) is 122 cm³/mol. The molecule has 0 spiro atoms. The van der Waals surface area contributed by atoms with E-state index in [-0.39, 0.29) is 34.6 Å². The fourth-order valence-electron chi connectivity index (χ4n) is 4.43. The van der Waals surface area contributed by atoms with E-state index in [1.165, 1.54) is 25.3 Å². The fraction of sp³-hybridized carbons (Fsp3) is 0.269. The number of nitrogens with zero attached hydrogens (tertiary/aromatic N) is 1. The number of aryl methyl sites for hydroxylation is 1. The van der Waals surface area contributed by atoms with Crippen LogP contribution < -0.4 is 0 Å². The predicted octanol–water partition coefficient (Wildman–Crippen LogP) is 4.30. The number of aromatic hydroxyl groups is 3. The van der Waals surface area contributed by atoms with Crippen molar-refractivity contribution < 1.29 is 43.2 Å². The third-order valence-corrected chi connectivity index (χ3v) is 6.32. The monoisotopic (exact) mass is 499 g/mol. The number of ketones is 1. The number of ether oxygens (including phenoxy) is 2. The van der Waals surface area contributed by atoms with Crippen LogP contribution in [0.2, 0.25) is 0 Å². The van der Waals surface area contributed by atoms with Gasteiger partial charge < -0.3 is 24.8 Å². The number of halogens is 2. The topological polar surface area (TPSA) is 126 Å². The van der Waals surface area contributed by atoms with Crippen LogP contribution in [0.15, 0.2) is 30.5 Å². The van der Waals surface area contributed by atoms with Crippen molar-refractivity contribution in [1.82, 2.24) is 4.98 Å². The van der Waals surface area contributed by atoms with Crippen LogP contribution in [0.25, 0.3) is 0 Å². The molecule has 0 saturated carbocycles. The highest BCUT2D eigenvalue weighted by atomic mass is 19.2. The number of phenolic OH excluding ortho intramolecular Hbond substituents is 2. The van der Waals surface area contributed by atoms with Gasteiger partial charge in [-0.05, 0) is 37.6 Å². The lowest BCUT2D eigenvalue weighted by Gasteiger charge is -2.24. The second-order valence-electron chi connectivity index (χ2n) is 8.51. The Morgan fingerprint density at radius 2 is 1.86 bits per heavy atom. The molecule has 0 bridgehead atoms. The average Bonchev–Trinajstić information content (AvgIpc) is 3.27. The molecule has 0 aliphatic carbocycles. The van der Waals surface area contributed by atoms with E-state index >= 15 is 0 Å². The number of carbonyl (C=O) groups excluding carboxylic acids is 2. The first kappa shape index (κ1) is 25.1. The van der Waals surface area contributed by atoms with Crippen LogP contribution in [0.3, 0.4) is 0 Å². The van der Waals surface area contributed by atoms with Crippen molar-refractivity contribution in [3.05, 3.63) is 81.2 Å². The van der Waals surface area contributed by atoms with Crippen LogP contribution >= 0.6 is 0 Å². The zero-order chi connectivity index (χ0) is 26.3. The first-order valence-electron chi connectivity index (χ1n) is 10.9. The van der Waals surface area contributed by atoms with Crippen LogP contribution in [-0.2, 0) is 20.9 Å². The van der Waals surface area contributed by atoms with E-state index in [1.807, 2.05) is 0 Å². The molecule has 1 aliphatic heterocycles. The Morgan fingerprint density at radius 3 is 2.50 bits per heavy atom. The summed E-state index contributed by atoms with van der Waals surface area (Å²) in [4.78, 5) is 28.8. The van der Waals surface area contributed by atoms with Gasteiger partial charge in [-0.1, -0.05) is 6.07 Å². The number of rotatable bonds is 6. The quantitative estimate of drug-likeness (QED) is 0.339. The lowest BCUT2D eigenvalue weighted by molar-refractivity contribution is -0.140. The minimum Gasteiger partial charge on any atom is -0.507 e. The number of hydrogen-bond acceptors (Lipinski definition) is 8. The van der Waals surface area contributed by atoms with Gasteiger partial charge in [0.1, 0.15) is 23.4 Å². The fourth-order valence-corrected chi connectivity index (χ4v) is 4.43. The maximum Gasteiger partial charge on any atom is 0.306 e. The third kappa shape index (κ3) is 4.24. The molecule has 8 nitrogen and oxygen atoms in total. The van der Waals surface area contributed by atoms with Crippen LogP contribution in [0.5, 0.6) is 17.2 Å². The number of esters is 1. The first-order valence-corrected chi connectivity index (χ1v) is 10.9. The highest BCUT2D eigenvalue weighted by Gasteiger charge is 2.36. The Bertz CT molecular complexity index is 1390. The number of benzene rings is 2. The molecule has 0 fully saturated rings. The standard InChI is InChI=1S/C26H23F2NO7/c1-11-23(32)21-14(9-29-11)10-36-26(21)17-7-15(12(2)30)24(33)22(25(17)34)16(8-20(31)35-3)13-4-5-18(27)19(28)6-13/h4-7,9,16,26,32-34H,8,10H2,1-3H3/t16-,26-/m0/s1. The summed E-state index contributed by atoms with van der Waals surface area (Å²) >= 11 is 0. The highest BCUT2D eigenvalue weighted by molar-refractivity contribution is 5.98. The number of methoxy groups -OCH3 is 1. The van der Waals surface area contributed by atoms with E-state index < -0.39 is 53.3 Å². The molecule has 0 radical (unpaired) electrons. The molecule has 36 heavy (non-hydrogen) atoms. The van der Waals surface area contributed by atoms with Crippen molar-refractivity contribution in [2.75, 3.05) is 7.11 Å². The summed E-state index contributed by atoms with van der Waals surface area (Å²) in [6.07, 6.45) is 0.0125. The lowest BCUT2D eigenvalue weighted by atomic mass is 9.83. The van der Waals surface area contributed by atoms with Gasteiger partial charge in [0.25, 0.3) is 0 Å². The van der Waals surface area contributed by atoms with Gasteiger partial charge in [0.15, 0.2) is 17.4 Å². The number of pyridine rings is 1. The lowest BCUT2D eigenvalue weighted by Crippen LogP contribution is -2.14. The van der Waals surface area contributed by atoms with Crippen LogP contribution in [0.4, 0.5) is 8.78 Å². The Morgan fingerprint density at radius 1 is 1.14 bits per heavy atom. The summed E-state index contributed by atoms with van der Waals surface area (Å²) < 4.78 is 38.3. The first-order chi connectivity index (χ1) is 17.0. The molecule has 2 heterocycles. The van der Waals surface area contributed by atoms with Crippen molar-refractivity contribution in [2.24, 2.45) is 0 Å². The van der Waals surface area contributed by atoms with Gasteiger partial charge in [-0.2, -0.15) is 0 Å². The van der Waals surface area contributed by atoms with Gasteiger partial charge >= 0.3 is 5.97 Å². The molecule has 0 unspecified atom stereocenters. The minimum atomic E-state index is -1.22. The van der Waals surface area contributed by atoms with Crippen molar-refractivity contribution in [3.8, 4) is 17.2 Å². The summed E-state index contributed by atoms with van der Waals surface area (Å²) in [7, 11) is 1.13. The summed E-state index contributed by atoms with van der Waals surface area (Å²) in [6.45, 7) is 2.84. The van der Waals surface area contributed by atoms with Crippen molar-refractivity contribution in [2.45, 2.75) is 38.9 Å². The van der Waals surface area contributed by atoms with Crippen molar-refractivity contribution in [3.63, 3.8) is 0 Å². The summed E-state index contributed by atoms with van der Waals surface area (Å²) in [5.41, 5.74) is 0.834. The number of carbonyl (C=O) groups is 2. The maximum absolute atomic E-state index is 14.1. The molecule has 10 heteroatoms. The SMILES string of the molecule is COC(=O)C[C@@H](c1ccc(F)c(F)c1)c1c(O)c(C(C)=O)cc([C@@H]2OCc3cnc(C)c(O)c32)c1O. The average molecular weight is 499 g/mol. The molecule has 4 rings (SSSR count). The number of aromatic nitrogens is 1. The molecular weight excluding hydrogens is 476 g/mol. The Hall–Kier alpha value is -4.05. The highest BCUT2D eigenvalue weighted by Crippen LogP contribution is 2.50. The molecule has 0 amide bonds. The van der Waals surface area contributed by atoms with Crippen LogP contribution in [0, 0.1) is 18.6 Å². The molecule has 2 atom stereocenters. The Kier molecular flexibility index (Phi) is 6.64. The molecular formula is C26H23F2NO7.